The van der Waals surface area contributed by atoms with E-state index in [1.165, 1.54) is 0 Å². The number of hydrogen-bond donors (Lipinski definition) is 0. The first-order valence-corrected chi connectivity index (χ1v) is 6.58. The lowest BCUT2D eigenvalue weighted by Gasteiger charge is -2.39. The van der Waals surface area contributed by atoms with Crippen molar-refractivity contribution in [3.8, 4) is 0 Å². The zero-order valence-electron chi connectivity index (χ0n) is 11.5. The number of likely N-dealkylation sites (N-methyl/N-ethyl adjacent to an activating group) is 1. The number of nitrogens with zero attached hydrogens (tertiary/aromatic N) is 2. The van der Waals surface area contributed by atoms with Crippen molar-refractivity contribution in [3.63, 3.8) is 0 Å². The van der Waals surface area contributed by atoms with E-state index in [0.29, 0.717) is 19.6 Å². The lowest BCUT2D eigenvalue weighted by atomic mass is 10.1. The Hall–Kier alpha value is -1.56. The van der Waals surface area contributed by atoms with Gasteiger partial charge in [-0.1, -0.05) is 6.92 Å². The molecule has 1 fully saturated rings. The van der Waals surface area contributed by atoms with Crippen LogP contribution in [0.25, 0.3) is 0 Å². The van der Waals surface area contributed by atoms with Crippen LogP contribution in [0.3, 0.4) is 0 Å². The van der Waals surface area contributed by atoms with Crippen molar-refractivity contribution >= 4 is 5.91 Å². The summed E-state index contributed by atoms with van der Waals surface area (Å²) in [5.41, 5.74) is -0.152. The highest BCUT2D eigenvalue weighted by Gasteiger charge is 2.27. The van der Waals surface area contributed by atoms with Gasteiger partial charge in [-0.25, -0.2) is 13.2 Å². The number of carbonyl (C=O) groups is 1. The number of amides is 1. The molecule has 0 bridgehead atoms. The van der Waals surface area contributed by atoms with Crippen molar-refractivity contribution < 1.29 is 18.0 Å². The topological polar surface area (TPSA) is 23.6 Å². The Balaban J connectivity index is 2.19. The molecule has 0 aliphatic carbocycles. The summed E-state index contributed by atoms with van der Waals surface area (Å²) in [7, 11) is 1.98. The summed E-state index contributed by atoms with van der Waals surface area (Å²) in [5, 5.41) is 0. The normalized spacial score (nSPS) is 20.2. The second-order valence-electron chi connectivity index (χ2n) is 5.05. The maximum Gasteiger partial charge on any atom is 0.254 e. The van der Waals surface area contributed by atoms with Gasteiger partial charge in [-0.2, -0.15) is 0 Å². The van der Waals surface area contributed by atoms with E-state index in [9.17, 15) is 18.0 Å². The summed E-state index contributed by atoms with van der Waals surface area (Å²) in [6.45, 7) is 3.72. The molecule has 110 valence electrons. The zero-order chi connectivity index (χ0) is 14.9. The molecule has 0 spiro atoms. The number of benzene rings is 1. The van der Waals surface area contributed by atoms with E-state index in [1.807, 2.05) is 14.0 Å². The molecule has 1 atom stereocenters. The molecule has 1 saturated heterocycles. The minimum absolute atomic E-state index is 0.152. The van der Waals surface area contributed by atoms with Crippen LogP contribution < -0.4 is 0 Å². The van der Waals surface area contributed by atoms with Gasteiger partial charge in [0, 0.05) is 31.2 Å². The predicted octanol–water partition coefficient (Wildman–Crippen LogP) is 2.27. The Labute approximate surface area is 116 Å². The fourth-order valence-corrected chi connectivity index (χ4v) is 2.43. The molecule has 1 aromatic rings. The number of rotatable bonds is 2. The van der Waals surface area contributed by atoms with Crippen LogP contribution in [0.5, 0.6) is 0 Å². The summed E-state index contributed by atoms with van der Waals surface area (Å²) < 4.78 is 39.3. The quantitative estimate of drug-likeness (QED) is 0.779. The van der Waals surface area contributed by atoms with Crippen LogP contribution in [0.4, 0.5) is 13.2 Å². The molecular formula is C14H17F3N2O. The van der Waals surface area contributed by atoms with Crippen molar-refractivity contribution in [1.29, 1.82) is 0 Å². The summed E-state index contributed by atoms with van der Waals surface area (Å²) in [4.78, 5) is 15.9. The third-order valence-corrected chi connectivity index (χ3v) is 3.77. The van der Waals surface area contributed by atoms with E-state index in [1.54, 1.807) is 4.90 Å². The maximum absolute atomic E-state index is 13.2. The van der Waals surface area contributed by atoms with Crippen molar-refractivity contribution in [3.05, 3.63) is 35.1 Å². The van der Waals surface area contributed by atoms with Gasteiger partial charge in [0.1, 0.15) is 0 Å². The molecule has 3 nitrogen and oxygen atoms in total. The van der Waals surface area contributed by atoms with Crippen molar-refractivity contribution in [2.24, 2.45) is 0 Å². The average Bonchev–Trinajstić information content (AvgIpc) is 2.44. The minimum atomic E-state index is -1.55. The number of halogens is 3. The SMILES string of the molecule is CCC1CN(C(=O)c2cc(F)c(F)c(F)c2)CCN1C. The zero-order valence-corrected chi connectivity index (χ0v) is 11.5. The second kappa shape index (κ2) is 5.83. The molecule has 1 aliphatic heterocycles. The molecule has 1 heterocycles. The van der Waals surface area contributed by atoms with Crippen LogP contribution in [-0.2, 0) is 0 Å². The molecule has 6 heteroatoms. The Morgan fingerprint density at radius 2 is 1.85 bits per heavy atom. The van der Waals surface area contributed by atoms with Gasteiger partial charge < -0.3 is 4.90 Å². The molecule has 2 rings (SSSR count). The third kappa shape index (κ3) is 2.80. The van der Waals surface area contributed by atoms with Gasteiger partial charge in [-0.15, -0.1) is 0 Å². The summed E-state index contributed by atoms with van der Waals surface area (Å²) in [5.74, 6) is -4.69. The Morgan fingerprint density at radius 1 is 1.25 bits per heavy atom. The van der Waals surface area contributed by atoms with E-state index in [0.717, 1.165) is 18.6 Å². The maximum atomic E-state index is 13.2. The van der Waals surface area contributed by atoms with Crippen LogP contribution in [0, 0.1) is 17.5 Å². The van der Waals surface area contributed by atoms with E-state index in [-0.39, 0.29) is 11.6 Å². The Kier molecular flexibility index (Phi) is 4.32. The third-order valence-electron chi connectivity index (χ3n) is 3.77. The molecule has 1 aromatic carbocycles. The van der Waals surface area contributed by atoms with Crippen LogP contribution in [0.15, 0.2) is 12.1 Å². The molecule has 0 radical (unpaired) electrons. The highest BCUT2D eigenvalue weighted by Crippen LogP contribution is 2.18. The van der Waals surface area contributed by atoms with Crippen LogP contribution >= 0.6 is 0 Å². The first-order chi connectivity index (χ1) is 9.43. The van der Waals surface area contributed by atoms with Gasteiger partial charge in [0.15, 0.2) is 17.5 Å². The first kappa shape index (κ1) is 14.8. The monoisotopic (exact) mass is 286 g/mol. The van der Waals surface area contributed by atoms with E-state index >= 15 is 0 Å². The highest BCUT2D eigenvalue weighted by molar-refractivity contribution is 5.94. The van der Waals surface area contributed by atoms with Gasteiger partial charge in [0.2, 0.25) is 0 Å². The molecule has 0 saturated carbocycles. The lowest BCUT2D eigenvalue weighted by molar-refractivity contribution is 0.0541. The molecular weight excluding hydrogens is 269 g/mol. The van der Waals surface area contributed by atoms with E-state index < -0.39 is 23.4 Å². The highest BCUT2D eigenvalue weighted by atomic mass is 19.2. The Morgan fingerprint density at radius 3 is 2.40 bits per heavy atom. The minimum Gasteiger partial charge on any atom is -0.336 e. The average molecular weight is 286 g/mol. The largest absolute Gasteiger partial charge is 0.336 e. The fourth-order valence-electron chi connectivity index (χ4n) is 2.43. The van der Waals surface area contributed by atoms with Gasteiger partial charge in [0.05, 0.1) is 0 Å². The second-order valence-corrected chi connectivity index (χ2v) is 5.05. The van der Waals surface area contributed by atoms with Crippen LogP contribution in [0.1, 0.15) is 23.7 Å². The van der Waals surface area contributed by atoms with Gasteiger partial charge in [0.25, 0.3) is 5.91 Å². The lowest BCUT2D eigenvalue weighted by Crippen LogP contribution is -2.53. The molecule has 1 amide bonds. The number of hydrogen-bond acceptors (Lipinski definition) is 2. The molecule has 1 aliphatic rings. The molecule has 0 aromatic heterocycles. The number of carbonyl (C=O) groups excluding carboxylic acids is 1. The summed E-state index contributed by atoms with van der Waals surface area (Å²) >= 11 is 0. The van der Waals surface area contributed by atoms with Crippen LogP contribution in [0.2, 0.25) is 0 Å². The van der Waals surface area contributed by atoms with Crippen molar-refractivity contribution in [2.75, 3.05) is 26.7 Å². The van der Waals surface area contributed by atoms with Crippen LogP contribution in [-0.4, -0.2) is 48.4 Å². The fraction of sp³-hybridized carbons (Fsp3) is 0.500. The molecule has 0 N–H and O–H groups in total. The Bertz CT molecular complexity index is 498. The predicted molar refractivity (Wildman–Crippen MR) is 68.9 cm³/mol. The van der Waals surface area contributed by atoms with E-state index in [2.05, 4.69) is 4.90 Å². The molecule has 20 heavy (non-hydrogen) atoms. The van der Waals surface area contributed by atoms with Crippen molar-refractivity contribution in [1.82, 2.24) is 9.80 Å². The first-order valence-electron chi connectivity index (χ1n) is 6.58. The van der Waals surface area contributed by atoms with Gasteiger partial charge >= 0.3 is 0 Å². The standard InChI is InChI=1S/C14H17F3N2O/c1-3-10-8-19(5-4-18(10)2)14(20)9-6-11(15)13(17)12(16)7-9/h6-7,10H,3-5,8H2,1-2H3. The molecule has 1 unspecified atom stereocenters. The van der Waals surface area contributed by atoms with Gasteiger partial charge in [-0.3, -0.25) is 9.69 Å². The number of piperazine rings is 1. The smallest absolute Gasteiger partial charge is 0.254 e. The summed E-state index contributed by atoms with van der Waals surface area (Å²) in [6.07, 6.45) is 0.881. The summed E-state index contributed by atoms with van der Waals surface area (Å²) in [6, 6.07) is 1.72. The van der Waals surface area contributed by atoms with Crippen molar-refractivity contribution in [2.45, 2.75) is 19.4 Å². The van der Waals surface area contributed by atoms with Gasteiger partial charge in [-0.05, 0) is 25.6 Å². The van der Waals surface area contributed by atoms with E-state index in [4.69, 9.17) is 0 Å².